The zero-order chi connectivity index (χ0) is 10.1. The number of hydrogen-bond acceptors (Lipinski definition) is 2. The highest BCUT2D eigenvalue weighted by atomic mass is 16.1. The molecule has 2 nitrogen and oxygen atoms in total. The molecule has 3 aliphatic rings. The van der Waals surface area contributed by atoms with Gasteiger partial charge in [0.05, 0.1) is 0 Å². The van der Waals surface area contributed by atoms with E-state index >= 15 is 0 Å². The lowest BCUT2D eigenvalue weighted by atomic mass is 9.63. The highest BCUT2D eigenvalue weighted by Gasteiger charge is 2.43. The lowest BCUT2D eigenvalue weighted by Crippen LogP contribution is -2.41. The molecule has 3 aliphatic carbocycles. The molecule has 3 atom stereocenters. The van der Waals surface area contributed by atoms with Crippen LogP contribution >= 0.6 is 0 Å². The van der Waals surface area contributed by atoms with Gasteiger partial charge >= 0.3 is 0 Å². The van der Waals surface area contributed by atoms with Gasteiger partial charge in [-0.05, 0) is 38.2 Å². The van der Waals surface area contributed by atoms with Crippen molar-refractivity contribution >= 4 is 11.6 Å². The van der Waals surface area contributed by atoms with E-state index in [0.717, 1.165) is 25.7 Å². The summed E-state index contributed by atoms with van der Waals surface area (Å²) in [5.74, 6) is 1.03. The van der Waals surface area contributed by atoms with Crippen molar-refractivity contribution in [3.8, 4) is 0 Å². The largest absolute Gasteiger partial charge is 0.299 e. The van der Waals surface area contributed by atoms with E-state index in [0.29, 0.717) is 11.7 Å². The minimum Gasteiger partial charge on any atom is -0.299 e. The van der Waals surface area contributed by atoms with Gasteiger partial charge in [0.2, 0.25) is 0 Å². The van der Waals surface area contributed by atoms with Gasteiger partial charge in [-0.25, -0.2) is 0 Å². The molecule has 0 aliphatic heterocycles. The minimum absolute atomic E-state index is 0.00574. The maximum atomic E-state index is 11.7. The maximum Gasteiger partial charge on any atom is 0.159 e. The van der Waals surface area contributed by atoms with E-state index in [-0.39, 0.29) is 17.6 Å². The summed E-state index contributed by atoms with van der Waals surface area (Å²) in [5, 5.41) is 0. The summed E-state index contributed by atoms with van der Waals surface area (Å²) in [5.41, 5.74) is 0. The van der Waals surface area contributed by atoms with E-state index in [4.69, 9.17) is 0 Å². The Balaban J connectivity index is 2.14. The molecule has 14 heavy (non-hydrogen) atoms. The molecule has 2 heteroatoms. The molecule has 3 rings (SSSR count). The van der Waals surface area contributed by atoms with Crippen molar-refractivity contribution in [3.63, 3.8) is 0 Å². The predicted octanol–water partition coefficient (Wildman–Crippen LogP) is 2.14. The third-order valence-corrected chi connectivity index (χ3v) is 3.56. The van der Waals surface area contributed by atoms with Crippen LogP contribution in [0, 0.1) is 17.8 Å². The second-order valence-electron chi connectivity index (χ2n) is 4.46. The summed E-state index contributed by atoms with van der Waals surface area (Å²) in [4.78, 5) is 23.3. The molecule has 76 valence electrons. The minimum atomic E-state index is 0.00574. The van der Waals surface area contributed by atoms with Gasteiger partial charge in [0.15, 0.2) is 5.78 Å². The second kappa shape index (κ2) is 3.68. The molecule has 0 aromatic carbocycles. The first-order valence-corrected chi connectivity index (χ1v) is 5.41. The number of ketones is 2. The fourth-order valence-corrected chi connectivity index (χ4v) is 2.87. The van der Waals surface area contributed by atoms with Crippen LogP contribution in [0.4, 0.5) is 0 Å². The van der Waals surface area contributed by atoms with Gasteiger partial charge in [-0.2, -0.15) is 0 Å². The zero-order valence-electron chi connectivity index (χ0n) is 8.53. The van der Waals surface area contributed by atoms with E-state index in [2.05, 4.69) is 0 Å². The molecule has 0 saturated heterocycles. The summed E-state index contributed by atoms with van der Waals surface area (Å²) in [6.45, 7) is 1.85. The Kier molecular flexibility index (Phi) is 2.53. The number of fused-ring (bicyclic) bond motifs is 3. The Morgan fingerprint density at radius 2 is 2.21 bits per heavy atom. The molecular weight excluding hydrogens is 176 g/mol. The average molecular weight is 192 g/mol. The monoisotopic (exact) mass is 192 g/mol. The summed E-state index contributed by atoms with van der Waals surface area (Å²) in [7, 11) is 0. The number of carbonyl (C=O) groups is 2. The molecule has 0 unspecified atom stereocenters. The standard InChI is InChI=1S/C12H16O2/c1-2-3-11(13)10-6-8-4-5-9(10)12(14)7-8/h2-3,8-10H,4-7H2,1H3/b3-2+/t8-,9+,10-/m0/s1. The number of carbonyl (C=O) groups excluding carboxylic acids is 2. The normalized spacial score (nSPS) is 36.6. The highest BCUT2D eigenvalue weighted by Crippen LogP contribution is 2.43. The highest BCUT2D eigenvalue weighted by molar-refractivity contribution is 5.97. The van der Waals surface area contributed by atoms with Gasteiger partial charge in [0.1, 0.15) is 5.78 Å². The number of rotatable bonds is 2. The molecule has 0 N–H and O–H groups in total. The number of allylic oxidation sites excluding steroid dienone is 2. The molecular formula is C12H16O2. The Morgan fingerprint density at radius 3 is 2.79 bits per heavy atom. The molecule has 3 saturated carbocycles. The van der Waals surface area contributed by atoms with Crippen LogP contribution in [0.3, 0.4) is 0 Å². The fourth-order valence-electron chi connectivity index (χ4n) is 2.87. The Morgan fingerprint density at radius 1 is 1.43 bits per heavy atom. The Bertz CT molecular complexity index is 291. The summed E-state index contributed by atoms with van der Waals surface area (Å²) >= 11 is 0. The van der Waals surface area contributed by atoms with E-state index in [1.54, 1.807) is 12.2 Å². The van der Waals surface area contributed by atoms with Crippen molar-refractivity contribution in [1.29, 1.82) is 0 Å². The maximum absolute atomic E-state index is 11.7. The lowest BCUT2D eigenvalue weighted by molar-refractivity contribution is -0.138. The second-order valence-corrected chi connectivity index (χ2v) is 4.46. The average Bonchev–Trinajstić information content (AvgIpc) is 2.18. The predicted molar refractivity (Wildman–Crippen MR) is 53.8 cm³/mol. The van der Waals surface area contributed by atoms with Crippen LogP contribution < -0.4 is 0 Å². The Labute approximate surface area is 84.4 Å². The van der Waals surface area contributed by atoms with Crippen molar-refractivity contribution in [2.45, 2.75) is 32.6 Å². The summed E-state index contributed by atoms with van der Waals surface area (Å²) in [6, 6.07) is 0. The van der Waals surface area contributed by atoms with Gasteiger partial charge in [-0.1, -0.05) is 6.08 Å². The number of hydrogen-bond donors (Lipinski definition) is 0. The van der Waals surface area contributed by atoms with Gasteiger partial charge < -0.3 is 0 Å². The van der Waals surface area contributed by atoms with Crippen LogP contribution in [-0.4, -0.2) is 11.6 Å². The van der Waals surface area contributed by atoms with Crippen LogP contribution in [0.5, 0.6) is 0 Å². The molecule has 3 fully saturated rings. The molecule has 0 aromatic rings. The van der Waals surface area contributed by atoms with Crippen LogP contribution in [0.2, 0.25) is 0 Å². The summed E-state index contributed by atoms with van der Waals surface area (Å²) < 4.78 is 0. The fraction of sp³-hybridized carbons (Fsp3) is 0.667. The van der Waals surface area contributed by atoms with E-state index in [9.17, 15) is 9.59 Å². The SMILES string of the molecule is C/C=C/C(=O)[C@H]1C[C@@H]2CC[C@H]1C(=O)C2. The van der Waals surface area contributed by atoms with Crippen LogP contribution in [0.1, 0.15) is 32.6 Å². The topological polar surface area (TPSA) is 34.1 Å². The van der Waals surface area contributed by atoms with Crippen molar-refractivity contribution < 1.29 is 9.59 Å². The van der Waals surface area contributed by atoms with Crippen LogP contribution in [-0.2, 0) is 9.59 Å². The molecule has 0 heterocycles. The third-order valence-electron chi connectivity index (χ3n) is 3.56. The van der Waals surface area contributed by atoms with Crippen LogP contribution in [0.15, 0.2) is 12.2 Å². The quantitative estimate of drug-likeness (QED) is 0.628. The zero-order valence-corrected chi connectivity index (χ0v) is 8.53. The van der Waals surface area contributed by atoms with Gasteiger partial charge in [0, 0.05) is 18.3 Å². The van der Waals surface area contributed by atoms with E-state index in [1.807, 2.05) is 6.92 Å². The van der Waals surface area contributed by atoms with E-state index in [1.165, 1.54) is 0 Å². The molecule has 2 bridgehead atoms. The third kappa shape index (κ3) is 1.54. The van der Waals surface area contributed by atoms with Gasteiger partial charge in [-0.15, -0.1) is 0 Å². The van der Waals surface area contributed by atoms with Crippen molar-refractivity contribution in [2.24, 2.45) is 17.8 Å². The molecule has 0 radical (unpaired) electrons. The molecule has 0 amide bonds. The smallest absolute Gasteiger partial charge is 0.159 e. The Hall–Kier alpha value is -0.920. The van der Waals surface area contributed by atoms with Crippen molar-refractivity contribution in [3.05, 3.63) is 12.2 Å². The van der Waals surface area contributed by atoms with Gasteiger partial charge in [-0.3, -0.25) is 9.59 Å². The first kappa shape index (κ1) is 9.63. The van der Waals surface area contributed by atoms with E-state index < -0.39 is 0 Å². The molecule has 0 aromatic heterocycles. The summed E-state index contributed by atoms with van der Waals surface area (Å²) in [6.07, 6.45) is 7.16. The first-order valence-electron chi connectivity index (χ1n) is 5.41. The van der Waals surface area contributed by atoms with Crippen molar-refractivity contribution in [1.82, 2.24) is 0 Å². The van der Waals surface area contributed by atoms with Gasteiger partial charge in [0.25, 0.3) is 0 Å². The first-order chi connectivity index (χ1) is 6.72. The van der Waals surface area contributed by atoms with Crippen molar-refractivity contribution in [2.75, 3.05) is 0 Å². The lowest BCUT2D eigenvalue weighted by Gasteiger charge is -2.39. The van der Waals surface area contributed by atoms with Crippen LogP contribution in [0.25, 0.3) is 0 Å². The molecule has 0 spiro atoms. The number of Topliss-reactive ketones (excluding diaryl/α,β-unsaturated/α-hetero) is 1.